The number of imide groups is 1. The highest BCUT2D eigenvalue weighted by Crippen LogP contribution is 2.22. The summed E-state index contributed by atoms with van der Waals surface area (Å²) in [6.07, 6.45) is 3.22. The fraction of sp³-hybridized carbons (Fsp3) is 0.583. The maximum atomic E-state index is 12.2. The molecule has 200 valence electrons. The highest BCUT2D eigenvalue weighted by atomic mass is 16.7. The number of ether oxygens (including phenoxy) is 3. The third-order valence-corrected chi connectivity index (χ3v) is 4.97. The molecule has 1 aromatic rings. The van der Waals surface area contributed by atoms with Crippen LogP contribution in [0, 0.1) is 0 Å². The summed E-state index contributed by atoms with van der Waals surface area (Å²) >= 11 is 0. The number of amides is 2. The first-order valence-corrected chi connectivity index (χ1v) is 11.9. The summed E-state index contributed by atoms with van der Waals surface area (Å²) in [4.78, 5) is 55.9. The van der Waals surface area contributed by atoms with E-state index < -0.39 is 17.4 Å². The monoisotopic (exact) mass is 509 g/mol. The van der Waals surface area contributed by atoms with Gasteiger partial charge in [-0.25, -0.2) is 5.48 Å². The van der Waals surface area contributed by atoms with Gasteiger partial charge in [0.2, 0.25) is 0 Å². The van der Waals surface area contributed by atoms with E-state index in [4.69, 9.17) is 29.6 Å². The number of benzene rings is 1. The number of fused-ring (bicyclic) bond motifs is 1. The second kappa shape index (κ2) is 17.0. The van der Waals surface area contributed by atoms with Crippen LogP contribution < -0.4 is 11.2 Å². The topological polar surface area (TPSA) is 156 Å². The van der Waals surface area contributed by atoms with Crippen molar-refractivity contribution in [2.75, 3.05) is 59.4 Å². The van der Waals surface area contributed by atoms with Crippen LogP contribution in [-0.2, 0) is 33.5 Å². The van der Waals surface area contributed by atoms with Crippen LogP contribution in [0.15, 0.2) is 24.3 Å². The van der Waals surface area contributed by atoms with E-state index in [1.165, 1.54) is 0 Å². The Labute approximate surface area is 210 Å². The molecule has 0 aliphatic carbocycles. The minimum Gasteiger partial charge on any atom is -0.379 e. The molecule has 0 fully saturated rings. The van der Waals surface area contributed by atoms with Crippen molar-refractivity contribution in [2.24, 2.45) is 5.73 Å². The Bertz CT molecular complexity index is 786. The van der Waals surface area contributed by atoms with Crippen LogP contribution >= 0.6 is 0 Å². The van der Waals surface area contributed by atoms with Crippen LogP contribution in [0.5, 0.6) is 0 Å². The molecule has 0 radical (unpaired) electrons. The lowest BCUT2D eigenvalue weighted by atomic mass is 10.1. The fourth-order valence-electron chi connectivity index (χ4n) is 3.18. The van der Waals surface area contributed by atoms with Crippen LogP contribution in [0.4, 0.5) is 0 Å². The summed E-state index contributed by atoms with van der Waals surface area (Å²) in [6.45, 7) is 2.44. The molecular formula is C24H35N3O9. The normalized spacial score (nSPS) is 13.3. The molecule has 0 bridgehead atoms. The van der Waals surface area contributed by atoms with Gasteiger partial charge in [0.25, 0.3) is 11.8 Å². The zero-order valence-corrected chi connectivity index (χ0v) is 20.4. The number of aldehydes is 2. The van der Waals surface area contributed by atoms with Crippen LogP contribution in [-0.4, -0.2) is 94.4 Å². The summed E-state index contributed by atoms with van der Waals surface area (Å²) in [6, 6.07) is 6.59. The molecule has 3 N–H and O–H groups in total. The lowest BCUT2D eigenvalue weighted by Crippen LogP contribution is -2.53. The highest BCUT2D eigenvalue weighted by molar-refractivity contribution is 6.20. The summed E-state index contributed by atoms with van der Waals surface area (Å²) in [5.41, 5.74) is 8.88. The minimum absolute atomic E-state index is 0.156. The summed E-state index contributed by atoms with van der Waals surface area (Å²) in [7, 11) is 0. The first kappa shape index (κ1) is 29.6. The Morgan fingerprint density at radius 3 is 1.92 bits per heavy atom. The number of hydroxylamine groups is 3. The molecule has 0 unspecified atom stereocenters. The molecule has 1 aromatic carbocycles. The molecule has 1 heterocycles. The van der Waals surface area contributed by atoms with E-state index in [1.54, 1.807) is 24.3 Å². The van der Waals surface area contributed by atoms with Crippen LogP contribution in [0.25, 0.3) is 0 Å². The van der Waals surface area contributed by atoms with Crippen molar-refractivity contribution in [2.45, 2.75) is 31.2 Å². The van der Waals surface area contributed by atoms with E-state index in [9.17, 15) is 19.2 Å². The quantitative estimate of drug-likeness (QED) is 0.0968. The predicted molar refractivity (Wildman–Crippen MR) is 127 cm³/mol. The number of hydrogen-bond donors (Lipinski definition) is 2. The number of nitrogens with zero attached hydrogens (tertiary/aromatic N) is 1. The second-order valence-electron chi connectivity index (χ2n) is 8.16. The number of nitrogens with two attached hydrogens (primary N) is 1. The summed E-state index contributed by atoms with van der Waals surface area (Å²) in [5.74, 6) is -0.914. The average Bonchev–Trinajstić information content (AvgIpc) is 3.13. The van der Waals surface area contributed by atoms with E-state index in [0.717, 1.165) is 17.6 Å². The molecule has 12 nitrogen and oxygen atoms in total. The largest absolute Gasteiger partial charge is 0.379 e. The maximum Gasteiger partial charge on any atom is 0.285 e. The van der Waals surface area contributed by atoms with Gasteiger partial charge in [-0.2, -0.15) is 0 Å². The molecular weight excluding hydrogens is 474 g/mol. The lowest BCUT2D eigenvalue weighted by Gasteiger charge is -2.28. The van der Waals surface area contributed by atoms with Crippen LogP contribution in [0.3, 0.4) is 0 Å². The summed E-state index contributed by atoms with van der Waals surface area (Å²) in [5, 5.41) is 0.793. The van der Waals surface area contributed by atoms with Gasteiger partial charge in [0.05, 0.1) is 62.9 Å². The SMILES string of the molecule is NC(COCCC=O)(COCCC=O)COCCCONCCCON1C(=O)c2ccccc2C1=O. The average molecular weight is 510 g/mol. The van der Waals surface area contributed by atoms with Crippen LogP contribution in [0.1, 0.15) is 46.4 Å². The van der Waals surface area contributed by atoms with Gasteiger partial charge in [-0.3, -0.25) is 14.4 Å². The van der Waals surface area contributed by atoms with E-state index in [1.807, 2.05) is 0 Å². The van der Waals surface area contributed by atoms with Gasteiger partial charge in [0, 0.05) is 26.0 Å². The van der Waals surface area contributed by atoms with Gasteiger partial charge >= 0.3 is 0 Å². The molecule has 12 heteroatoms. The molecule has 2 amide bonds. The Morgan fingerprint density at radius 2 is 1.36 bits per heavy atom. The predicted octanol–water partition coefficient (Wildman–Crippen LogP) is 0.441. The van der Waals surface area contributed by atoms with E-state index in [0.29, 0.717) is 43.7 Å². The van der Waals surface area contributed by atoms with Crippen LogP contribution in [0.2, 0.25) is 0 Å². The molecule has 0 saturated heterocycles. The maximum absolute atomic E-state index is 12.2. The third-order valence-electron chi connectivity index (χ3n) is 4.97. The highest BCUT2D eigenvalue weighted by Gasteiger charge is 2.36. The van der Waals surface area contributed by atoms with Crippen molar-refractivity contribution >= 4 is 24.4 Å². The molecule has 0 spiro atoms. The molecule has 1 aliphatic heterocycles. The van der Waals surface area contributed by atoms with Gasteiger partial charge in [0.1, 0.15) is 12.6 Å². The van der Waals surface area contributed by atoms with E-state index >= 15 is 0 Å². The summed E-state index contributed by atoms with van der Waals surface area (Å²) < 4.78 is 16.5. The molecule has 36 heavy (non-hydrogen) atoms. The smallest absolute Gasteiger partial charge is 0.285 e. The zero-order valence-electron chi connectivity index (χ0n) is 20.4. The zero-order chi connectivity index (χ0) is 26.1. The number of rotatable bonds is 22. The minimum atomic E-state index is -0.898. The lowest BCUT2D eigenvalue weighted by molar-refractivity contribution is -0.109. The van der Waals surface area contributed by atoms with Crippen molar-refractivity contribution in [3.05, 3.63) is 35.4 Å². The van der Waals surface area contributed by atoms with Crippen molar-refractivity contribution in [3.63, 3.8) is 0 Å². The number of nitrogens with one attached hydrogen (secondary N) is 1. The van der Waals surface area contributed by atoms with Gasteiger partial charge in [-0.15, -0.1) is 5.06 Å². The van der Waals surface area contributed by atoms with E-state index in [2.05, 4.69) is 5.48 Å². The molecule has 1 aliphatic rings. The van der Waals surface area contributed by atoms with Gasteiger partial charge < -0.3 is 34.4 Å². The van der Waals surface area contributed by atoms with Gasteiger partial charge in [0.15, 0.2) is 0 Å². The number of hydrogen-bond acceptors (Lipinski definition) is 11. The fourth-order valence-corrected chi connectivity index (χ4v) is 3.18. The van der Waals surface area contributed by atoms with Crippen molar-refractivity contribution in [1.82, 2.24) is 10.5 Å². The first-order valence-electron chi connectivity index (χ1n) is 11.9. The molecule has 2 rings (SSSR count). The Balaban J connectivity index is 1.51. The number of carbonyl (C=O) groups excluding carboxylic acids is 4. The first-order chi connectivity index (χ1) is 17.5. The standard InChI is InChI=1S/C24H35N3O9/c25-24(17-32-12-4-10-28,18-33-13-5-11-29)19-34-14-6-15-35-26-9-3-16-36-27-22(30)20-7-1-2-8-21(20)23(27)31/h1-2,7-8,10-11,26H,3-6,9,12-19,25H2. The molecule has 0 aromatic heterocycles. The van der Waals surface area contributed by atoms with Crippen molar-refractivity contribution in [1.29, 1.82) is 0 Å². The molecule has 0 saturated carbocycles. The van der Waals surface area contributed by atoms with Crippen molar-refractivity contribution in [3.8, 4) is 0 Å². The molecule has 0 atom stereocenters. The van der Waals surface area contributed by atoms with Crippen molar-refractivity contribution < 1.29 is 43.1 Å². The Hall–Kier alpha value is -2.58. The van der Waals surface area contributed by atoms with Gasteiger partial charge in [-0.1, -0.05) is 12.1 Å². The third kappa shape index (κ3) is 10.2. The Morgan fingerprint density at radius 1 is 0.806 bits per heavy atom. The van der Waals surface area contributed by atoms with E-state index in [-0.39, 0.29) is 52.5 Å². The Kier molecular flexibility index (Phi) is 14.0. The van der Waals surface area contributed by atoms with Gasteiger partial charge in [-0.05, 0) is 25.0 Å². The second-order valence-corrected chi connectivity index (χ2v) is 8.16. The number of carbonyl (C=O) groups is 4.